The highest BCUT2D eigenvalue weighted by atomic mass is 19.1. The molecule has 0 aliphatic rings. The Bertz CT molecular complexity index is 499. The molecule has 4 nitrogen and oxygen atoms in total. The van der Waals surface area contributed by atoms with Crippen molar-refractivity contribution < 1.29 is 23.1 Å². The van der Waals surface area contributed by atoms with E-state index in [0.717, 1.165) is 12.1 Å². The van der Waals surface area contributed by atoms with E-state index >= 15 is 0 Å². The minimum atomic E-state index is -0.831. The first-order valence-electron chi connectivity index (χ1n) is 6.70. The number of carbonyl (C=O) groups is 2. The van der Waals surface area contributed by atoms with E-state index in [-0.39, 0.29) is 11.5 Å². The van der Waals surface area contributed by atoms with Gasteiger partial charge in [-0.3, -0.25) is 4.79 Å². The molecule has 1 rings (SSSR count). The maximum Gasteiger partial charge on any atom is 0.328 e. The van der Waals surface area contributed by atoms with Gasteiger partial charge in [-0.1, -0.05) is 26.3 Å². The van der Waals surface area contributed by atoms with Crippen molar-refractivity contribution >= 4 is 11.9 Å². The molecule has 21 heavy (non-hydrogen) atoms. The summed E-state index contributed by atoms with van der Waals surface area (Å²) < 4.78 is 31.6. The van der Waals surface area contributed by atoms with Gasteiger partial charge in [-0.25, -0.2) is 13.6 Å². The molecule has 0 spiro atoms. The molecular weight excluding hydrogens is 280 g/mol. The zero-order valence-electron chi connectivity index (χ0n) is 12.3. The SMILES string of the molecule is CC[C@@H](C)[C@H](NC(=O)Cc1c(F)cccc1F)C(=O)OC. The molecule has 1 N–H and O–H groups in total. The highest BCUT2D eigenvalue weighted by Crippen LogP contribution is 2.14. The summed E-state index contributed by atoms with van der Waals surface area (Å²) in [6.07, 6.45) is 0.177. The summed E-state index contributed by atoms with van der Waals surface area (Å²) in [7, 11) is 1.22. The van der Waals surface area contributed by atoms with Gasteiger partial charge in [0.1, 0.15) is 17.7 Å². The van der Waals surface area contributed by atoms with Crippen LogP contribution in [0.1, 0.15) is 25.8 Å². The van der Waals surface area contributed by atoms with Crippen molar-refractivity contribution in [2.75, 3.05) is 7.11 Å². The predicted molar refractivity (Wildman–Crippen MR) is 73.5 cm³/mol. The van der Waals surface area contributed by atoms with Crippen molar-refractivity contribution in [2.24, 2.45) is 5.92 Å². The van der Waals surface area contributed by atoms with Gasteiger partial charge in [0.15, 0.2) is 0 Å². The topological polar surface area (TPSA) is 55.4 Å². The van der Waals surface area contributed by atoms with Gasteiger partial charge in [0.25, 0.3) is 0 Å². The average Bonchev–Trinajstić information content (AvgIpc) is 2.47. The molecule has 0 saturated heterocycles. The van der Waals surface area contributed by atoms with Crippen LogP contribution in [-0.4, -0.2) is 25.0 Å². The number of hydrogen-bond donors (Lipinski definition) is 1. The Hall–Kier alpha value is -1.98. The van der Waals surface area contributed by atoms with Gasteiger partial charge in [0, 0.05) is 5.56 Å². The monoisotopic (exact) mass is 299 g/mol. The Balaban J connectivity index is 2.81. The Kier molecular flexibility index (Phi) is 6.27. The second kappa shape index (κ2) is 7.71. The zero-order valence-corrected chi connectivity index (χ0v) is 12.3. The number of methoxy groups -OCH3 is 1. The molecule has 116 valence electrons. The molecule has 0 aromatic heterocycles. The van der Waals surface area contributed by atoms with Gasteiger partial charge in [-0.2, -0.15) is 0 Å². The smallest absolute Gasteiger partial charge is 0.328 e. The molecule has 0 aliphatic heterocycles. The summed E-state index contributed by atoms with van der Waals surface area (Å²) in [5.74, 6) is -2.93. The van der Waals surface area contributed by atoms with Crippen LogP contribution in [0.4, 0.5) is 8.78 Å². The van der Waals surface area contributed by atoms with Crippen LogP contribution in [0.3, 0.4) is 0 Å². The molecule has 0 unspecified atom stereocenters. The van der Waals surface area contributed by atoms with Gasteiger partial charge in [0.05, 0.1) is 13.5 Å². The summed E-state index contributed by atoms with van der Waals surface area (Å²) in [5, 5.41) is 2.47. The molecule has 6 heteroatoms. The Labute approximate surface area is 122 Å². The third-order valence-electron chi connectivity index (χ3n) is 3.38. The molecule has 0 bridgehead atoms. The first kappa shape index (κ1) is 17.1. The van der Waals surface area contributed by atoms with E-state index in [1.165, 1.54) is 13.2 Å². The normalized spacial score (nSPS) is 13.4. The number of carbonyl (C=O) groups excluding carboxylic acids is 2. The number of nitrogens with one attached hydrogen (secondary N) is 1. The Morgan fingerprint density at radius 2 is 1.86 bits per heavy atom. The molecule has 0 heterocycles. The summed E-state index contributed by atoms with van der Waals surface area (Å²) in [6, 6.07) is 2.56. The largest absolute Gasteiger partial charge is 0.467 e. The second-order valence-corrected chi connectivity index (χ2v) is 4.83. The quantitative estimate of drug-likeness (QED) is 0.819. The lowest BCUT2D eigenvalue weighted by molar-refractivity contribution is -0.146. The number of ether oxygens (including phenoxy) is 1. The van der Waals surface area contributed by atoms with Crippen LogP contribution >= 0.6 is 0 Å². The molecule has 1 amide bonds. The summed E-state index contributed by atoms with van der Waals surface area (Å²) in [4.78, 5) is 23.6. The summed E-state index contributed by atoms with van der Waals surface area (Å²) in [6.45, 7) is 3.65. The van der Waals surface area contributed by atoms with Gasteiger partial charge in [-0.05, 0) is 18.1 Å². The molecule has 1 aromatic rings. The molecule has 0 fully saturated rings. The molecule has 0 aliphatic carbocycles. The van der Waals surface area contributed by atoms with Crippen LogP contribution in [0.5, 0.6) is 0 Å². The van der Waals surface area contributed by atoms with E-state index in [0.29, 0.717) is 6.42 Å². The van der Waals surface area contributed by atoms with E-state index in [2.05, 4.69) is 10.1 Å². The molecule has 0 radical (unpaired) electrons. The van der Waals surface area contributed by atoms with E-state index in [1.54, 1.807) is 6.92 Å². The molecule has 2 atom stereocenters. The molecule has 0 saturated carbocycles. The molecule has 1 aromatic carbocycles. The highest BCUT2D eigenvalue weighted by Gasteiger charge is 2.27. The van der Waals surface area contributed by atoms with Crippen LogP contribution in [-0.2, 0) is 20.7 Å². The third kappa shape index (κ3) is 4.51. The lowest BCUT2D eigenvalue weighted by Crippen LogP contribution is -2.46. The van der Waals surface area contributed by atoms with Crippen molar-refractivity contribution in [2.45, 2.75) is 32.7 Å². The number of hydrogen-bond acceptors (Lipinski definition) is 3. The van der Waals surface area contributed by atoms with Gasteiger partial charge in [0.2, 0.25) is 5.91 Å². The zero-order chi connectivity index (χ0) is 16.0. The Morgan fingerprint density at radius 3 is 2.33 bits per heavy atom. The van der Waals surface area contributed by atoms with Crippen LogP contribution in [0.15, 0.2) is 18.2 Å². The van der Waals surface area contributed by atoms with Crippen molar-refractivity contribution in [3.05, 3.63) is 35.4 Å². The highest BCUT2D eigenvalue weighted by molar-refractivity contribution is 5.85. The van der Waals surface area contributed by atoms with Crippen molar-refractivity contribution in [3.8, 4) is 0 Å². The van der Waals surface area contributed by atoms with Gasteiger partial charge < -0.3 is 10.1 Å². The summed E-state index contributed by atoms with van der Waals surface area (Å²) in [5.41, 5.74) is -0.317. The Morgan fingerprint density at radius 1 is 1.29 bits per heavy atom. The lowest BCUT2D eigenvalue weighted by atomic mass is 9.98. The van der Waals surface area contributed by atoms with Gasteiger partial charge >= 0.3 is 5.97 Å². The van der Waals surface area contributed by atoms with Crippen LogP contribution < -0.4 is 5.32 Å². The number of amides is 1. The minimum Gasteiger partial charge on any atom is -0.467 e. The maximum absolute atomic E-state index is 13.5. The second-order valence-electron chi connectivity index (χ2n) is 4.83. The van der Waals surface area contributed by atoms with Crippen molar-refractivity contribution in [1.29, 1.82) is 0 Å². The van der Waals surface area contributed by atoms with E-state index in [1.807, 2.05) is 6.92 Å². The van der Waals surface area contributed by atoms with Gasteiger partial charge in [-0.15, -0.1) is 0 Å². The van der Waals surface area contributed by atoms with Crippen molar-refractivity contribution in [1.82, 2.24) is 5.32 Å². The number of rotatable bonds is 6. The lowest BCUT2D eigenvalue weighted by Gasteiger charge is -2.21. The summed E-state index contributed by atoms with van der Waals surface area (Å²) >= 11 is 0. The maximum atomic E-state index is 13.5. The van der Waals surface area contributed by atoms with Crippen molar-refractivity contribution in [3.63, 3.8) is 0 Å². The number of benzene rings is 1. The number of halogens is 2. The van der Waals surface area contributed by atoms with E-state index in [9.17, 15) is 18.4 Å². The fourth-order valence-corrected chi connectivity index (χ4v) is 1.88. The van der Waals surface area contributed by atoms with Crippen LogP contribution in [0.25, 0.3) is 0 Å². The first-order valence-corrected chi connectivity index (χ1v) is 6.70. The predicted octanol–water partition coefficient (Wildman–Crippen LogP) is 2.21. The standard InChI is InChI=1S/C15H19F2NO3/c1-4-9(2)14(15(20)21-3)18-13(19)8-10-11(16)6-5-7-12(10)17/h5-7,9,14H,4,8H2,1-3H3,(H,18,19)/t9-,14+/m1/s1. The molecular formula is C15H19F2NO3. The average molecular weight is 299 g/mol. The number of esters is 1. The third-order valence-corrected chi connectivity index (χ3v) is 3.38. The van der Waals surface area contributed by atoms with E-state index in [4.69, 9.17) is 0 Å². The first-order chi connectivity index (χ1) is 9.90. The minimum absolute atomic E-state index is 0.146. The van der Waals surface area contributed by atoms with Crippen LogP contribution in [0, 0.1) is 17.6 Å². The fraction of sp³-hybridized carbons (Fsp3) is 0.467. The van der Waals surface area contributed by atoms with Crippen LogP contribution in [0.2, 0.25) is 0 Å². The fourth-order valence-electron chi connectivity index (χ4n) is 1.88. The van der Waals surface area contributed by atoms with E-state index < -0.39 is 36.0 Å².